The molecule has 0 aromatic carbocycles. The molecule has 5 nitrogen and oxygen atoms in total. The van der Waals surface area contributed by atoms with Crippen LogP contribution in [-0.4, -0.2) is 57.9 Å². The lowest BCUT2D eigenvalue weighted by atomic mass is 9.89. The first-order valence-electron chi connectivity index (χ1n) is 6.83. The van der Waals surface area contributed by atoms with Crippen LogP contribution in [0.25, 0.3) is 0 Å². The molecule has 19 heavy (non-hydrogen) atoms. The van der Waals surface area contributed by atoms with E-state index in [1.54, 1.807) is 4.31 Å². The van der Waals surface area contributed by atoms with Crippen molar-refractivity contribution >= 4 is 22.4 Å². The molecule has 7 heteroatoms. The first-order chi connectivity index (χ1) is 8.63. The van der Waals surface area contributed by atoms with Crippen molar-refractivity contribution in [3.63, 3.8) is 0 Å². The van der Waals surface area contributed by atoms with Gasteiger partial charge in [0.1, 0.15) is 0 Å². The Morgan fingerprint density at radius 3 is 2.47 bits per heavy atom. The number of rotatable bonds is 5. The predicted octanol–water partition coefficient (Wildman–Crippen LogP) is 0.848. The van der Waals surface area contributed by atoms with Gasteiger partial charge in [-0.2, -0.15) is 0 Å². The normalized spacial score (nSPS) is 26.3. The van der Waals surface area contributed by atoms with E-state index in [9.17, 15) is 8.42 Å². The van der Waals surface area contributed by atoms with Crippen molar-refractivity contribution in [2.45, 2.75) is 31.7 Å². The highest BCUT2D eigenvalue weighted by atomic mass is 35.5. The fourth-order valence-electron chi connectivity index (χ4n) is 2.99. The SMILES string of the molecule is COCCS(=O)(=O)N1CCC(C2CCCN2)CC1.Cl. The summed E-state index contributed by atoms with van der Waals surface area (Å²) in [6.07, 6.45) is 4.49. The van der Waals surface area contributed by atoms with Gasteiger partial charge in [-0.25, -0.2) is 12.7 Å². The van der Waals surface area contributed by atoms with Gasteiger partial charge in [-0.1, -0.05) is 0 Å². The summed E-state index contributed by atoms with van der Waals surface area (Å²) < 4.78 is 30.5. The van der Waals surface area contributed by atoms with Crippen molar-refractivity contribution in [3.8, 4) is 0 Å². The summed E-state index contributed by atoms with van der Waals surface area (Å²) in [6.45, 7) is 2.76. The lowest BCUT2D eigenvalue weighted by Crippen LogP contribution is -2.44. The minimum atomic E-state index is -3.10. The van der Waals surface area contributed by atoms with E-state index >= 15 is 0 Å². The topological polar surface area (TPSA) is 58.6 Å². The van der Waals surface area contributed by atoms with Crippen LogP contribution in [0.15, 0.2) is 0 Å². The van der Waals surface area contributed by atoms with Gasteiger partial charge in [-0.3, -0.25) is 0 Å². The van der Waals surface area contributed by atoms with Crippen LogP contribution in [0, 0.1) is 5.92 Å². The molecular formula is C12H25ClN2O3S. The number of ether oxygens (including phenoxy) is 1. The van der Waals surface area contributed by atoms with Crippen LogP contribution < -0.4 is 5.32 Å². The number of halogens is 1. The Labute approximate surface area is 122 Å². The third kappa shape index (κ3) is 4.56. The van der Waals surface area contributed by atoms with Crippen molar-refractivity contribution < 1.29 is 13.2 Å². The molecule has 2 fully saturated rings. The van der Waals surface area contributed by atoms with E-state index in [1.165, 1.54) is 20.0 Å². The van der Waals surface area contributed by atoms with Crippen molar-refractivity contribution in [1.29, 1.82) is 0 Å². The third-order valence-corrected chi connectivity index (χ3v) is 5.94. The molecule has 2 aliphatic rings. The summed E-state index contributed by atoms with van der Waals surface area (Å²) in [5.41, 5.74) is 0. The molecule has 0 aromatic rings. The Morgan fingerprint density at radius 1 is 1.26 bits per heavy atom. The molecule has 0 aliphatic carbocycles. The highest BCUT2D eigenvalue weighted by Crippen LogP contribution is 2.26. The van der Waals surface area contributed by atoms with Crippen LogP contribution in [0.5, 0.6) is 0 Å². The zero-order valence-electron chi connectivity index (χ0n) is 11.5. The number of methoxy groups -OCH3 is 1. The summed E-state index contributed by atoms with van der Waals surface area (Å²) >= 11 is 0. The minimum absolute atomic E-state index is 0. The smallest absolute Gasteiger partial charge is 0.216 e. The molecule has 2 aliphatic heterocycles. The first-order valence-corrected chi connectivity index (χ1v) is 8.44. The van der Waals surface area contributed by atoms with Crippen LogP contribution in [0.1, 0.15) is 25.7 Å². The molecule has 1 atom stereocenters. The zero-order valence-corrected chi connectivity index (χ0v) is 13.1. The van der Waals surface area contributed by atoms with Crippen molar-refractivity contribution in [2.75, 3.05) is 39.1 Å². The van der Waals surface area contributed by atoms with E-state index in [0.717, 1.165) is 19.4 Å². The molecule has 0 amide bonds. The standard InChI is InChI=1S/C12H24N2O3S.ClH/c1-17-9-10-18(15,16)14-7-4-11(5-8-14)12-3-2-6-13-12;/h11-13H,2-10H2,1H3;1H. The van der Waals surface area contributed by atoms with E-state index in [-0.39, 0.29) is 24.8 Å². The van der Waals surface area contributed by atoms with E-state index in [1.807, 2.05) is 0 Å². The van der Waals surface area contributed by atoms with Crippen LogP contribution in [-0.2, 0) is 14.8 Å². The Morgan fingerprint density at radius 2 is 1.95 bits per heavy atom. The molecule has 2 saturated heterocycles. The maximum absolute atomic E-state index is 12.0. The van der Waals surface area contributed by atoms with E-state index in [0.29, 0.717) is 25.0 Å². The molecule has 1 N–H and O–H groups in total. The molecule has 114 valence electrons. The molecule has 0 spiro atoms. The maximum atomic E-state index is 12.0. The molecule has 0 radical (unpaired) electrons. The van der Waals surface area contributed by atoms with Gasteiger partial charge in [0.15, 0.2) is 0 Å². The van der Waals surface area contributed by atoms with Gasteiger partial charge in [-0.15, -0.1) is 12.4 Å². The second kappa shape index (κ2) is 7.78. The van der Waals surface area contributed by atoms with E-state index in [2.05, 4.69) is 5.32 Å². The van der Waals surface area contributed by atoms with Gasteiger partial charge < -0.3 is 10.1 Å². The fourth-order valence-corrected chi connectivity index (χ4v) is 4.39. The van der Waals surface area contributed by atoms with Gasteiger partial charge in [0.25, 0.3) is 0 Å². The Hall–Kier alpha value is 0.120. The summed E-state index contributed by atoms with van der Waals surface area (Å²) in [5.74, 6) is 0.761. The molecule has 2 rings (SSSR count). The molecular weight excluding hydrogens is 288 g/mol. The van der Waals surface area contributed by atoms with E-state index in [4.69, 9.17) is 4.74 Å². The second-order valence-corrected chi connectivity index (χ2v) is 7.34. The molecule has 2 heterocycles. The largest absolute Gasteiger partial charge is 0.384 e. The van der Waals surface area contributed by atoms with Crippen molar-refractivity contribution in [1.82, 2.24) is 9.62 Å². The Bertz CT molecular complexity index is 350. The lowest BCUT2D eigenvalue weighted by molar-refractivity contribution is 0.209. The highest BCUT2D eigenvalue weighted by molar-refractivity contribution is 7.89. The van der Waals surface area contributed by atoms with Crippen LogP contribution >= 0.6 is 12.4 Å². The van der Waals surface area contributed by atoms with Crippen LogP contribution in [0.4, 0.5) is 0 Å². The summed E-state index contributed by atoms with van der Waals surface area (Å²) in [7, 11) is -1.57. The van der Waals surface area contributed by atoms with Crippen molar-refractivity contribution in [2.24, 2.45) is 5.92 Å². The molecule has 0 saturated carbocycles. The summed E-state index contributed by atoms with van der Waals surface area (Å²) in [6, 6.07) is 0.619. The highest BCUT2D eigenvalue weighted by Gasteiger charge is 2.32. The van der Waals surface area contributed by atoms with Gasteiger partial charge in [0.2, 0.25) is 10.0 Å². The number of piperidine rings is 1. The Kier molecular flexibility index (Phi) is 7.04. The van der Waals surface area contributed by atoms with Crippen LogP contribution in [0.3, 0.4) is 0 Å². The van der Waals surface area contributed by atoms with Crippen molar-refractivity contribution in [3.05, 3.63) is 0 Å². The number of nitrogens with zero attached hydrogens (tertiary/aromatic N) is 1. The lowest BCUT2D eigenvalue weighted by Gasteiger charge is -2.34. The average Bonchev–Trinajstić information content (AvgIpc) is 2.90. The van der Waals surface area contributed by atoms with Gasteiger partial charge >= 0.3 is 0 Å². The minimum Gasteiger partial charge on any atom is -0.384 e. The first kappa shape index (κ1) is 17.2. The van der Waals surface area contributed by atoms with Gasteiger partial charge in [0.05, 0.1) is 12.4 Å². The summed E-state index contributed by atoms with van der Waals surface area (Å²) in [5, 5.41) is 3.53. The molecule has 0 bridgehead atoms. The second-order valence-electron chi connectivity index (χ2n) is 5.25. The predicted molar refractivity (Wildman–Crippen MR) is 78.2 cm³/mol. The number of hydrogen-bond donors (Lipinski definition) is 1. The quantitative estimate of drug-likeness (QED) is 0.817. The maximum Gasteiger partial charge on any atom is 0.216 e. The number of nitrogens with one attached hydrogen (secondary N) is 1. The molecule has 0 aromatic heterocycles. The van der Waals surface area contributed by atoms with Gasteiger partial charge in [-0.05, 0) is 38.1 Å². The summed E-state index contributed by atoms with van der Waals surface area (Å²) in [4.78, 5) is 0. The number of sulfonamides is 1. The average molecular weight is 313 g/mol. The van der Waals surface area contributed by atoms with Crippen LogP contribution in [0.2, 0.25) is 0 Å². The zero-order chi connectivity index (χ0) is 13.0. The number of hydrogen-bond acceptors (Lipinski definition) is 4. The van der Waals surface area contributed by atoms with E-state index < -0.39 is 10.0 Å². The Balaban J connectivity index is 0.00000180. The fraction of sp³-hybridized carbons (Fsp3) is 1.00. The van der Waals surface area contributed by atoms with Gasteiger partial charge in [0, 0.05) is 26.2 Å². The monoisotopic (exact) mass is 312 g/mol. The third-order valence-electron chi connectivity index (χ3n) is 4.10. The molecule has 1 unspecified atom stereocenters.